The lowest BCUT2D eigenvalue weighted by molar-refractivity contribution is -0.142. The van der Waals surface area contributed by atoms with Crippen molar-refractivity contribution in [2.24, 2.45) is 5.92 Å². The molecule has 0 saturated heterocycles. The summed E-state index contributed by atoms with van der Waals surface area (Å²) in [4.78, 5) is 41.0. The normalized spacial score (nSPS) is 16.6. The van der Waals surface area contributed by atoms with Crippen LogP contribution in [0.15, 0.2) is 78.9 Å². The molecule has 2 atom stereocenters. The first-order valence-electron chi connectivity index (χ1n) is 13.6. The number of fused-ring (bicyclic) bond motifs is 1. The molecule has 222 valence electrons. The van der Waals surface area contributed by atoms with Crippen LogP contribution in [0.5, 0.6) is 0 Å². The van der Waals surface area contributed by atoms with Crippen LogP contribution in [0.2, 0.25) is 0 Å². The molecule has 43 heavy (non-hydrogen) atoms. The first-order valence-corrected chi connectivity index (χ1v) is 13.6. The number of para-hydroxylation sites is 1. The van der Waals surface area contributed by atoms with Crippen molar-refractivity contribution in [3.8, 4) is 5.69 Å². The van der Waals surface area contributed by atoms with Crippen molar-refractivity contribution in [2.45, 2.75) is 39.0 Å². The first kappa shape index (κ1) is 29.7. The Morgan fingerprint density at radius 1 is 0.977 bits per heavy atom. The summed E-state index contributed by atoms with van der Waals surface area (Å²) in [6.45, 7) is 2.94. The fourth-order valence-corrected chi connectivity index (χ4v) is 5.48. The molecule has 0 radical (unpaired) electrons. The van der Waals surface area contributed by atoms with Crippen molar-refractivity contribution in [2.75, 3.05) is 11.4 Å². The monoisotopic (exact) mass is 593 g/mol. The van der Waals surface area contributed by atoms with Gasteiger partial charge in [-0.25, -0.2) is 9.07 Å². The number of amides is 1. The van der Waals surface area contributed by atoms with Crippen molar-refractivity contribution in [3.05, 3.63) is 113 Å². The minimum Gasteiger partial charge on any atom is -0.459 e. The van der Waals surface area contributed by atoms with Gasteiger partial charge in [0.25, 0.3) is 0 Å². The predicted molar refractivity (Wildman–Crippen MR) is 149 cm³/mol. The van der Waals surface area contributed by atoms with E-state index >= 15 is 0 Å². The minimum absolute atomic E-state index is 0.182. The second kappa shape index (κ2) is 11.8. The van der Waals surface area contributed by atoms with Gasteiger partial charge in [-0.2, -0.15) is 18.3 Å². The van der Waals surface area contributed by atoms with Crippen LogP contribution in [0.1, 0.15) is 58.9 Å². The third-order valence-corrected chi connectivity index (χ3v) is 7.40. The average Bonchev–Trinajstić information content (AvgIpc) is 3.36. The van der Waals surface area contributed by atoms with E-state index in [2.05, 4.69) is 0 Å². The number of esters is 1. The lowest BCUT2D eigenvalue weighted by Gasteiger charge is -2.38. The zero-order valence-electron chi connectivity index (χ0n) is 23.3. The summed E-state index contributed by atoms with van der Waals surface area (Å²) in [5, 5.41) is 4.73. The largest absolute Gasteiger partial charge is 0.459 e. The number of carbonyl (C=O) groups is 3. The average molecular weight is 594 g/mol. The van der Waals surface area contributed by atoms with Crippen molar-refractivity contribution >= 4 is 23.5 Å². The number of anilines is 1. The van der Waals surface area contributed by atoms with E-state index in [1.165, 1.54) is 42.2 Å². The summed E-state index contributed by atoms with van der Waals surface area (Å²) >= 11 is 0. The molecular weight excluding hydrogens is 566 g/mol. The van der Waals surface area contributed by atoms with Crippen molar-refractivity contribution in [1.29, 1.82) is 0 Å². The van der Waals surface area contributed by atoms with Crippen LogP contribution >= 0.6 is 0 Å². The number of ketones is 1. The number of hydrogen-bond acceptors (Lipinski definition) is 5. The number of halogens is 4. The molecule has 4 aromatic rings. The van der Waals surface area contributed by atoms with E-state index in [0.29, 0.717) is 28.3 Å². The number of alkyl halides is 3. The predicted octanol–water partition coefficient (Wildman–Crippen LogP) is 6.48. The van der Waals surface area contributed by atoms with Crippen molar-refractivity contribution < 1.29 is 36.7 Å². The van der Waals surface area contributed by atoms with Gasteiger partial charge in [-0.05, 0) is 48.9 Å². The van der Waals surface area contributed by atoms with E-state index in [-0.39, 0.29) is 18.7 Å². The van der Waals surface area contributed by atoms with E-state index in [9.17, 15) is 31.9 Å². The van der Waals surface area contributed by atoms with E-state index < -0.39 is 53.5 Å². The highest BCUT2D eigenvalue weighted by atomic mass is 19.4. The quantitative estimate of drug-likeness (QED) is 0.133. The van der Waals surface area contributed by atoms with Crippen molar-refractivity contribution in [3.63, 3.8) is 0 Å². The van der Waals surface area contributed by atoms with Crippen LogP contribution in [-0.4, -0.2) is 34.0 Å². The Labute approximate surface area is 244 Å². The summed E-state index contributed by atoms with van der Waals surface area (Å²) in [5.74, 6) is -3.71. The molecule has 1 aliphatic rings. The van der Waals surface area contributed by atoms with E-state index in [1.807, 2.05) is 6.07 Å². The summed E-state index contributed by atoms with van der Waals surface area (Å²) in [5.41, 5.74) is 0.773. The Bertz CT molecular complexity index is 1670. The fraction of sp³-hybridized carbons (Fsp3) is 0.250. The lowest BCUT2D eigenvalue weighted by atomic mass is 9.74. The maximum Gasteiger partial charge on any atom is 0.416 e. The van der Waals surface area contributed by atoms with Gasteiger partial charge in [0, 0.05) is 36.9 Å². The number of benzene rings is 3. The molecule has 3 aromatic carbocycles. The van der Waals surface area contributed by atoms with Crippen molar-refractivity contribution in [1.82, 2.24) is 9.78 Å². The molecule has 0 spiro atoms. The van der Waals surface area contributed by atoms with Gasteiger partial charge < -0.3 is 4.74 Å². The molecule has 5 rings (SSSR count). The van der Waals surface area contributed by atoms with Gasteiger partial charge in [0.15, 0.2) is 5.78 Å². The number of nitrogens with zero attached hydrogens (tertiary/aromatic N) is 3. The Balaban J connectivity index is 1.70. The molecule has 7 nitrogen and oxygen atoms in total. The molecule has 11 heteroatoms. The Morgan fingerprint density at radius 3 is 2.30 bits per heavy atom. The van der Waals surface area contributed by atoms with Gasteiger partial charge in [-0.15, -0.1) is 0 Å². The Kier molecular flexibility index (Phi) is 8.16. The number of hydrogen-bond donors (Lipinski definition) is 0. The molecule has 0 bridgehead atoms. The number of aromatic nitrogens is 2. The molecular formula is C32H27F4N3O4. The van der Waals surface area contributed by atoms with Gasteiger partial charge in [-0.3, -0.25) is 19.3 Å². The maximum atomic E-state index is 14.2. The second-order valence-corrected chi connectivity index (χ2v) is 10.1. The van der Waals surface area contributed by atoms with Crippen LogP contribution in [0.25, 0.3) is 5.69 Å². The highest BCUT2D eigenvalue weighted by molar-refractivity contribution is 6.04. The summed E-state index contributed by atoms with van der Waals surface area (Å²) in [7, 11) is 0. The summed E-state index contributed by atoms with van der Waals surface area (Å²) < 4.78 is 61.1. The standard InChI is InChI=1S/C32H27F4N3O4/c1-3-38-30-29(26(18-43-19(2)40)37-39(30)24-10-5-4-6-11-24)28(20-12-14-23(33)15-13-20)25(31(38)42)17-27(41)21-8-7-9-22(16-21)32(34,35)36/h4-16,25,28H,3,17-18H2,1-2H3/t25-,28+/m0/s1. The number of carbonyl (C=O) groups excluding carboxylic acids is 3. The molecule has 0 fully saturated rings. The molecule has 1 amide bonds. The zero-order valence-corrected chi connectivity index (χ0v) is 23.3. The zero-order chi connectivity index (χ0) is 30.9. The Morgan fingerprint density at radius 2 is 1.67 bits per heavy atom. The van der Waals surface area contributed by atoms with Crippen LogP contribution < -0.4 is 4.90 Å². The van der Waals surface area contributed by atoms with Gasteiger partial charge in [-0.1, -0.05) is 42.5 Å². The van der Waals surface area contributed by atoms with E-state index in [4.69, 9.17) is 9.84 Å². The van der Waals surface area contributed by atoms with E-state index in [1.54, 1.807) is 35.9 Å². The molecule has 0 N–H and O–H groups in total. The van der Waals surface area contributed by atoms with Crippen LogP contribution in [0.3, 0.4) is 0 Å². The molecule has 0 saturated carbocycles. The van der Waals surface area contributed by atoms with Crippen LogP contribution in [0.4, 0.5) is 23.4 Å². The van der Waals surface area contributed by atoms with Crippen LogP contribution in [0, 0.1) is 11.7 Å². The van der Waals surface area contributed by atoms with Gasteiger partial charge in [0.2, 0.25) is 5.91 Å². The number of Topliss-reactive ketones (excluding diaryl/α,β-unsaturated/α-hetero) is 1. The maximum absolute atomic E-state index is 14.2. The third kappa shape index (κ3) is 5.93. The molecule has 1 aromatic heterocycles. The SMILES string of the molecule is CCN1C(=O)[C@@H](CC(=O)c2cccc(C(F)(F)F)c2)[C@@H](c2ccc(F)cc2)c2c(COC(C)=O)nn(-c3ccccc3)c21. The molecule has 0 aliphatic carbocycles. The summed E-state index contributed by atoms with van der Waals surface area (Å²) in [6, 6.07) is 18.5. The highest BCUT2D eigenvalue weighted by Crippen LogP contribution is 2.48. The smallest absolute Gasteiger partial charge is 0.416 e. The molecule has 1 aliphatic heterocycles. The number of ether oxygens (including phenoxy) is 1. The minimum atomic E-state index is -4.65. The van der Waals surface area contributed by atoms with E-state index in [0.717, 1.165) is 18.2 Å². The molecule has 0 unspecified atom stereocenters. The van der Waals surface area contributed by atoms with Gasteiger partial charge >= 0.3 is 12.1 Å². The van der Waals surface area contributed by atoms with Crippen LogP contribution in [-0.2, 0) is 27.1 Å². The summed E-state index contributed by atoms with van der Waals surface area (Å²) in [6.07, 6.45) is -5.08. The Hall–Kier alpha value is -4.80. The molecule has 2 heterocycles. The van der Waals surface area contributed by atoms with Gasteiger partial charge in [0.05, 0.1) is 17.2 Å². The fourth-order valence-electron chi connectivity index (χ4n) is 5.48. The second-order valence-electron chi connectivity index (χ2n) is 10.1. The van der Waals surface area contributed by atoms with Gasteiger partial charge in [0.1, 0.15) is 23.9 Å². The topological polar surface area (TPSA) is 81.5 Å². The highest BCUT2D eigenvalue weighted by Gasteiger charge is 2.46. The first-order chi connectivity index (χ1) is 20.5. The third-order valence-electron chi connectivity index (χ3n) is 7.40. The lowest BCUT2D eigenvalue weighted by Crippen LogP contribution is -2.45. The number of rotatable bonds is 8.